The number of nitrogens with zero attached hydrogens (tertiary/aromatic N) is 2. The molecule has 3 rings (SSSR count). The van der Waals surface area contributed by atoms with Crippen LogP contribution in [0.25, 0.3) is 10.8 Å². The van der Waals surface area contributed by atoms with E-state index in [-0.39, 0.29) is 0 Å². The monoisotopic (exact) mass is 267 g/mol. The van der Waals surface area contributed by atoms with Crippen LogP contribution in [0.1, 0.15) is 22.6 Å². The Bertz CT molecular complexity index is 709. The molecule has 0 amide bonds. The van der Waals surface area contributed by atoms with Crippen molar-refractivity contribution in [2.75, 3.05) is 0 Å². The van der Waals surface area contributed by atoms with Crippen LogP contribution in [-0.4, -0.2) is 10.1 Å². The fourth-order valence-electron chi connectivity index (χ4n) is 2.42. The van der Waals surface area contributed by atoms with Crippen molar-refractivity contribution >= 4 is 10.8 Å². The van der Waals surface area contributed by atoms with Crippen molar-refractivity contribution in [3.05, 3.63) is 59.2 Å². The summed E-state index contributed by atoms with van der Waals surface area (Å²) in [5.74, 6) is 0.886. The van der Waals surface area contributed by atoms with Crippen molar-refractivity contribution in [3.8, 4) is 0 Å². The van der Waals surface area contributed by atoms with E-state index in [1.807, 2.05) is 26.2 Å². The second-order valence-corrected chi connectivity index (χ2v) is 4.92. The minimum atomic E-state index is 0.767. The number of hydrogen-bond acceptors (Lipinski definition) is 4. The number of rotatable bonds is 4. The molecule has 2 aromatic heterocycles. The molecule has 0 spiro atoms. The first kappa shape index (κ1) is 12.8. The maximum absolute atomic E-state index is 5.17. The predicted molar refractivity (Wildman–Crippen MR) is 78.3 cm³/mol. The molecule has 20 heavy (non-hydrogen) atoms. The molecule has 0 saturated heterocycles. The van der Waals surface area contributed by atoms with Gasteiger partial charge in [0.25, 0.3) is 0 Å². The van der Waals surface area contributed by atoms with Crippen LogP contribution in [0.3, 0.4) is 0 Å². The molecule has 0 aliphatic carbocycles. The van der Waals surface area contributed by atoms with Gasteiger partial charge in [0.2, 0.25) is 0 Å². The van der Waals surface area contributed by atoms with Gasteiger partial charge in [0, 0.05) is 36.4 Å². The van der Waals surface area contributed by atoms with E-state index in [1.54, 1.807) is 0 Å². The number of aryl methyl sites for hydroxylation is 2. The van der Waals surface area contributed by atoms with Crippen LogP contribution in [0.15, 0.2) is 41.2 Å². The molecule has 0 atom stereocenters. The lowest BCUT2D eigenvalue weighted by Gasteiger charge is -2.08. The summed E-state index contributed by atoms with van der Waals surface area (Å²) < 4.78 is 5.17. The molecule has 0 aliphatic heterocycles. The van der Waals surface area contributed by atoms with E-state index in [9.17, 15) is 0 Å². The summed E-state index contributed by atoms with van der Waals surface area (Å²) in [6.45, 7) is 5.49. The lowest BCUT2D eigenvalue weighted by atomic mass is 10.1. The van der Waals surface area contributed by atoms with E-state index in [4.69, 9.17) is 4.52 Å². The number of fused-ring (bicyclic) bond motifs is 1. The number of pyridine rings is 1. The summed E-state index contributed by atoms with van der Waals surface area (Å²) in [4.78, 5) is 4.16. The molecule has 1 N–H and O–H groups in total. The summed E-state index contributed by atoms with van der Waals surface area (Å²) >= 11 is 0. The SMILES string of the molecule is Cc1noc(C)c1CNCc1cccc2cnccc12. The highest BCUT2D eigenvalue weighted by Crippen LogP contribution is 2.18. The number of benzene rings is 1. The van der Waals surface area contributed by atoms with Crippen LogP contribution in [0.4, 0.5) is 0 Å². The summed E-state index contributed by atoms with van der Waals surface area (Å²) in [7, 11) is 0. The first-order chi connectivity index (χ1) is 9.75. The van der Waals surface area contributed by atoms with E-state index < -0.39 is 0 Å². The quantitative estimate of drug-likeness (QED) is 0.789. The summed E-state index contributed by atoms with van der Waals surface area (Å²) in [6, 6.07) is 8.35. The molecular weight excluding hydrogens is 250 g/mol. The molecule has 3 aromatic rings. The number of nitrogens with one attached hydrogen (secondary N) is 1. The second-order valence-electron chi connectivity index (χ2n) is 4.92. The Labute approximate surface area is 117 Å². The summed E-state index contributed by atoms with van der Waals surface area (Å²) in [5, 5.41) is 9.84. The molecule has 4 nitrogen and oxygen atoms in total. The fourth-order valence-corrected chi connectivity index (χ4v) is 2.42. The van der Waals surface area contributed by atoms with Gasteiger partial charge in [0.15, 0.2) is 0 Å². The van der Waals surface area contributed by atoms with Crippen LogP contribution in [0.5, 0.6) is 0 Å². The fraction of sp³-hybridized carbons (Fsp3) is 0.250. The van der Waals surface area contributed by atoms with Gasteiger partial charge in [-0.1, -0.05) is 23.4 Å². The molecule has 0 fully saturated rings. The van der Waals surface area contributed by atoms with Gasteiger partial charge in [-0.3, -0.25) is 4.98 Å². The molecule has 0 saturated carbocycles. The van der Waals surface area contributed by atoms with Gasteiger partial charge >= 0.3 is 0 Å². The third-order valence-electron chi connectivity index (χ3n) is 3.57. The Morgan fingerprint density at radius 2 is 2.05 bits per heavy atom. The average Bonchev–Trinajstić information content (AvgIpc) is 2.79. The van der Waals surface area contributed by atoms with Crippen molar-refractivity contribution in [3.63, 3.8) is 0 Å². The van der Waals surface area contributed by atoms with E-state index in [0.717, 1.165) is 30.1 Å². The van der Waals surface area contributed by atoms with Crippen LogP contribution in [-0.2, 0) is 13.1 Å². The van der Waals surface area contributed by atoms with Crippen molar-refractivity contribution in [1.82, 2.24) is 15.5 Å². The summed E-state index contributed by atoms with van der Waals surface area (Å²) in [5.41, 5.74) is 3.38. The van der Waals surface area contributed by atoms with E-state index in [1.165, 1.54) is 16.3 Å². The van der Waals surface area contributed by atoms with Crippen molar-refractivity contribution < 1.29 is 4.52 Å². The highest BCUT2D eigenvalue weighted by atomic mass is 16.5. The molecule has 0 aliphatic rings. The molecule has 2 heterocycles. The first-order valence-electron chi connectivity index (χ1n) is 6.70. The van der Waals surface area contributed by atoms with Gasteiger partial charge in [0.1, 0.15) is 5.76 Å². The molecule has 102 valence electrons. The third kappa shape index (κ3) is 2.42. The average molecular weight is 267 g/mol. The maximum atomic E-state index is 5.17. The van der Waals surface area contributed by atoms with Gasteiger partial charge in [-0.05, 0) is 30.9 Å². The summed E-state index contributed by atoms with van der Waals surface area (Å²) in [6.07, 6.45) is 3.73. The van der Waals surface area contributed by atoms with Crippen molar-refractivity contribution in [1.29, 1.82) is 0 Å². The van der Waals surface area contributed by atoms with Gasteiger partial charge in [-0.15, -0.1) is 0 Å². The minimum Gasteiger partial charge on any atom is -0.361 e. The normalized spacial score (nSPS) is 11.1. The standard InChI is InChI=1S/C16H17N3O/c1-11-16(12(2)20-19-11)10-18-9-14-5-3-4-13-8-17-7-6-15(13)14/h3-8,18H,9-10H2,1-2H3. The van der Waals surface area contributed by atoms with Crippen molar-refractivity contribution in [2.45, 2.75) is 26.9 Å². The molecule has 0 unspecified atom stereocenters. The van der Waals surface area contributed by atoms with Crippen LogP contribution in [0.2, 0.25) is 0 Å². The van der Waals surface area contributed by atoms with Gasteiger partial charge < -0.3 is 9.84 Å². The van der Waals surface area contributed by atoms with Crippen LogP contribution < -0.4 is 5.32 Å². The Hall–Kier alpha value is -2.20. The smallest absolute Gasteiger partial charge is 0.138 e. The highest BCUT2D eigenvalue weighted by molar-refractivity contribution is 5.84. The first-order valence-corrected chi connectivity index (χ1v) is 6.70. The van der Waals surface area contributed by atoms with Crippen LogP contribution >= 0.6 is 0 Å². The molecular formula is C16H17N3O. The lowest BCUT2D eigenvalue weighted by molar-refractivity contribution is 0.392. The highest BCUT2D eigenvalue weighted by Gasteiger charge is 2.08. The Balaban J connectivity index is 1.75. The maximum Gasteiger partial charge on any atom is 0.138 e. The molecule has 0 radical (unpaired) electrons. The second kappa shape index (κ2) is 5.43. The Morgan fingerprint density at radius 3 is 2.85 bits per heavy atom. The van der Waals surface area contributed by atoms with Crippen LogP contribution in [0, 0.1) is 13.8 Å². The van der Waals surface area contributed by atoms with E-state index in [2.05, 4.69) is 39.7 Å². The minimum absolute atomic E-state index is 0.767. The largest absolute Gasteiger partial charge is 0.361 e. The van der Waals surface area contributed by atoms with E-state index >= 15 is 0 Å². The third-order valence-corrected chi connectivity index (χ3v) is 3.57. The molecule has 0 bridgehead atoms. The van der Waals surface area contributed by atoms with Gasteiger partial charge in [-0.25, -0.2) is 0 Å². The van der Waals surface area contributed by atoms with Gasteiger partial charge in [0.05, 0.1) is 5.69 Å². The molecule has 4 heteroatoms. The zero-order chi connectivity index (χ0) is 13.9. The number of aromatic nitrogens is 2. The topological polar surface area (TPSA) is 51.0 Å². The van der Waals surface area contributed by atoms with E-state index in [0.29, 0.717) is 0 Å². The predicted octanol–water partition coefficient (Wildman–Crippen LogP) is 3.13. The zero-order valence-electron chi connectivity index (χ0n) is 11.7. The van der Waals surface area contributed by atoms with Gasteiger partial charge in [-0.2, -0.15) is 0 Å². The lowest BCUT2D eigenvalue weighted by Crippen LogP contribution is -2.13. The van der Waals surface area contributed by atoms with Crippen molar-refractivity contribution in [2.24, 2.45) is 0 Å². The number of hydrogen-bond donors (Lipinski definition) is 1. The molecule has 1 aromatic carbocycles. The Kier molecular flexibility index (Phi) is 3.48. The Morgan fingerprint density at radius 1 is 1.15 bits per heavy atom. The zero-order valence-corrected chi connectivity index (χ0v) is 11.7.